The van der Waals surface area contributed by atoms with Gasteiger partial charge in [0.05, 0.1) is 5.56 Å². The maximum atomic E-state index is 12.9. The van der Waals surface area contributed by atoms with Crippen LogP contribution in [0.25, 0.3) is 0 Å². The zero-order valence-corrected chi connectivity index (χ0v) is 19.2. The summed E-state index contributed by atoms with van der Waals surface area (Å²) in [6, 6.07) is 9.60. The van der Waals surface area contributed by atoms with Crippen LogP contribution in [0.5, 0.6) is 5.75 Å². The van der Waals surface area contributed by atoms with Crippen LogP contribution in [0.2, 0.25) is 0 Å². The van der Waals surface area contributed by atoms with Crippen LogP contribution in [0.15, 0.2) is 53.4 Å². The second-order valence-corrected chi connectivity index (χ2v) is 9.14. The van der Waals surface area contributed by atoms with Crippen LogP contribution in [0.4, 0.5) is 13.2 Å². The quantitative estimate of drug-likeness (QED) is 0.412. The van der Waals surface area contributed by atoms with Crippen molar-refractivity contribution in [3.8, 4) is 5.75 Å². The van der Waals surface area contributed by atoms with Crippen LogP contribution >= 0.6 is 0 Å². The highest BCUT2D eigenvalue weighted by molar-refractivity contribution is 7.87. The molecule has 0 aliphatic heterocycles. The number of hydrogen-bond acceptors (Lipinski definition) is 4. The maximum Gasteiger partial charge on any atom is 0.416 e. The van der Waals surface area contributed by atoms with Crippen molar-refractivity contribution >= 4 is 16.0 Å². The Morgan fingerprint density at radius 3 is 2.41 bits per heavy atom. The molecule has 2 aromatic carbocycles. The van der Waals surface area contributed by atoms with Gasteiger partial charge in [-0.1, -0.05) is 38.5 Å². The standard InChI is InChI=1S/C23H28F3NO4S/c1-4-6-13-22(28)27(17(3)5-2)16-18-9-7-11-20(14-18)31-32(29,30)21-12-8-10-19(15-21)23(24,25)26/h7-12,14-15,17H,4-6,13,16H2,1-3H3. The van der Waals surface area contributed by atoms with Gasteiger partial charge in [-0.05, 0) is 55.7 Å². The fourth-order valence-corrected chi connectivity index (χ4v) is 4.05. The number of carbonyl (C=O) groups is 1. The van der Waals surface area contributed by atoms with Gasteiger partial charge in [0.2, 0.25) is 5.91 Å². The smallest absolute Gasteiger partial charge is 0.379 e. The summed E-state index contributed by atoms with van der Waals surface area (Å²) in [7, 11) is -4.47. The van der Waals surface area contributed by atoms with E-state index < -0.39 is 26.8 Å². The van der Waals surface area contributed by atoms with Crippen LogP contribution in [0.1, 0.15) is 57.6 Å². The molecular formula is C23H28F3NO4S. The van der Waals surface area contributed by atoms with Crippen molar-refractivity contribution in [3.63, 3.8) is 0 Å². The molecule has 1 unspecified atom stereocenters. The van der Waals surface area contributed by atoms with Crippen molar-refractivity contribution in [2.45, 2.75) is 70.1 Å². The zero-order valence-electron chi connectivity index (χ0n) is 18.4. The maximum absolute atomic E-state index is 12.9. The second kappa shape index (κ2) is 10.8. The van der Waals surface area contributed by atoms with E-state index in [2.05, 4.69) is 0 Å². The molecule has 0 bridgehead atoms. The van der Waals surface area contributed by atoms with E-state index in [0.717, 1.165) is 37.5 Å². The van der Waals surface area contributed by atoms with Gasteiger partial charge in [-0.25, -0.2) is 0 Å². The normalized spacial score (nSPS) is 12.9. The molecule has 0 aromatic heterocycles. The number of unbranched alkanes of at least 4 members (excludes halogenated alkanes) is 1. The first-order valence-corrected chi connectivity index (χ1v) is 11.9. The first-order chi connectivity index (χ1) is 15.0. The minimum Gasteiger partial charge on any atom is -0.379 e. The number of hydrogen-bond donors (Lipinski definition) is 0. The number of carbonyl (C=O) groups excluding carboxylic acids is 1. The number of rotatable bonds is 10. The SMILES string of the molecule is CCCCC(=O)N(Cc1cccc(OS(=O)(=O)c2cccc(C(F)(F)F)c2)c1)C(C)CC. The van der Waals surface area contributed by atoms with Crippen molar-refractivity contribution in [3.05, 3.63) is 59.7 Å². The molecule has 9 heteroatoms. The van der Waals surface area contributed by atoms with Gasteiger partial charge in [0, 0.05) is 19.0 Å². The minimum absolute atomic E-state index is 0.00206. The molecular weight excluding hydrogens is 443 g/mol. The highest BCUT2D eigenvalue weighted by Gasteiger charge is 2.32. The Bertz CT molecular complexity index is 1020. The molecule has 0 aliphatic carbocycles. The first-order valence-electron chi connectivity index (χ1n) is 10.5. The highest BCUT2D eigenvalue weighted by Crippen LogP contribution is 2.31. The summed E-state index contributed by atoms with van der Waals surface area (Å²) in [5.74, 6) is -0.0193. The predicted octanol–water partition coefficient (Wildman–Crippen LogP) is 5.79. The third-order valence-electron chi connectivity index (χ3n) is 5.09. The largest absolute Gasteiger partial charge is 0.416 e. The molecule has 1 amide bonds. The third-order valence-corrected chi connectivity index (χ3v) is 6.34. The van der Waals surface area contributed by atoms with Crippen LogP contribution in [-0.2, 0) is 27.6 Å². The van der Waals surface area contributed by atoms with Gasteiger partial charge >= 0.3 is 16.3 Å². The summed E-state index contributed by atoms with van der Waals surface area (Å²) in [5, 5.41) is 0. The van der Waals surface area contributed by atoms with E-state index in [-0.39, 0.29) is 24.2 Å². The van der Waals surface area contributed by atoms with Gasteiger partial charge in [-0.15, -0.1) is 0 Å². The van der Waals surface area contributed by atoms with E-state index in [1.807, 2.05) is 20.8 Å². The lowest BCUT2D eigenvalue weighted by molar-refractivity contribution is -0.137. The summed E-state index contributed by atoms with van der Waals surface area (Å²) in [4.78, 5) is 13.8. The molecule has 32 heavy (non-hydrogen) atoms. The number of nitrogens with zero attached hydrogens (tertiary/aromatic N) is 1. The Labute approximate surface area is 187 Å². The van der Waals surface area contributed by atoms with E-state index in [4.69, 9.17) is 4.18 Å². The van der Waals surface area contributed by atoms with Crippen LogP contribution in [-0.4, -0.2) is 25.3 Å². The summed E-state index contributed by atoms with van der Waals surface area (Å²) in [5.41, 5.74) is -0.419. The molecule has 2 aromatic rings. The van der Waals surface area contributed by atoms with E-state index in [9.17, 15) is 26.4 Å². The van der Waals surface area contributed by atoms with Crippen LogP contribution in [0, 0.1) is 0 Å². The molecule has 0 radical (unpaired) electrons. The molecule has 0 saturated heterocycles. The summed E-state index contributed by atoms with van der Waals surface area (Å²) >= 11 is 0. The second-order valence-electron chi connectivity index (χ2n) is 7.59. The number of halogens is 3. The fourth-order valence-electron chi connectivity index (χ4n) is 3.08. The minimum atomic E-state index is -4.67. The Kier molecular flexibility index (Phi) is 8.72. The van der Waals surface area contributed by atoms with Gasteiger partial charge in [-0.3, -0.25) is 4.79 Å². The van der Waals surface area contributed by atoms with Gasteiger partial charge in [0.1, 0.15) is 10.6 Å². The number of amides is 1. The molecule has 0 fully saturated rings. The topological polar surface area (TPSA) is 63.7 Å². The Morgan fingerprint density at radius 2 is 1.78 bits per heavy atom. The van der Waals surface area contributed by atoms with Gasteiger partial charge < -0.3 is 9.08 Å². The van der Waals surface area contributed by atoms with E-state index in [1.165, 1.54) is 12.1 Å². The van der Waals surface area contributed by atoms with Crippen LogP contribution < -0.4 is 4.18 Å². The first kappa shape index (κ1) is 25.7. The Morgan fingerprint density at radius 1 is 1.09 bits per heavy atom. The predicted molar refractivity (Wildman–Crippen MR) is 116 cm³/mol. The average Bonchev–Trinajstić information content (AvgIpc) is 2.74. The molecule has 176 valence electrons. The zero-order chi connectivity index (χ0) is 23.9. The summed E-state index contributed by atoms with van der Waals surface area (Å²) < 4.78 is 69.0. The molecule has 0 spiro atoms. The molecule has 1 atom stereocenters. The third kappa shape index (κ3) is 6.98. The lowest BCUT2D eigenvalue weighted by Gasteiger charge is -2.29. The Balaban J connectivity index is 2.24. The monoisotopic (exact) mass is 471 g/mol. The van der Waals surface area contributed by atoms with Crippen LogP contribution in [0.3, 0.4) is 0 Å². The van der Waals surface area contributed by atoms with Gasteiger partial charge in [0.25, 0.3) is 0 Å². The number of benzene rings is 2. The van der Waals surface area contributed by atoms with Crippen molar-refractivity contribution in [1.82, 2.24) is 4.90 Å². The van der Waals surface area contributed by atoms with Crippen molar-refractivity contribution < 1.29 is 30.6 Å². The summed E-state index contributed by atoms with van der Waals surface area (Å²) in [6.07, 6.45) is -1.80. The molecule has 0 aliphatic rings. The van der Waals surface area contributed by atoms with Gasteiger partial charge in [0.15, 0.2) is 0 Å². The molecule has 2 rings (SSSR count). The summed E-state index contributed by atoms with van der Waals surface area (Å²) in [6.45, 7) is 6.21. The Hall–Kier alpha value is -2.55. The average molecular weight is 472 g/mol. The molecule has 5 nitrogen and oxygen atoms in total. The number of alkyl halides is 3. The molecule has 0 saturated carbocycles. The van der Waals surface area contributed by atoms with Crippen molar-refractivity contribution in [1.29, 1.82) is 0 Å². The van der Waals surface area contributed by atoms with Crippen molar-refractivity contribution in [2.24, 2.45) is 0 Å². The fraction of sp³-hybridized carbons (Fsp3) is 0.435. The lowest BCUT2D eigenvalue weighted by Crippen LogP contribution is -2.37. The lowest BCUT2D eigenvalue weighted by atomic mass is 10.1. The van der Waals surface area contributed by atoms with Gasteiger partial charge in [-0.2, -0.15) is 21.6 Å². The molecule has 0 N–H and O–H groups in total. The molecule has 0 heterocycles. The highest BCUT2D eigenvalue weighted by atomic mass is 32.2. The van der Waals surface area contributed by atoms with E-state index in [1.54, 1.807) is 17.0 Å². The van der Waals surface area contributed by atoms with E-state index >= 15 is 0 Å². The van der Waals surface area contributed by atoms with Crippen molar-refractivity contribution in [2.75, 3.05) is 0 Å². The van der Waals surface area contributed by atoms with E-state index in [0.29, 0.717) is 18.1 Å².